The molecule has 1 aliphatic heterocycles. The third kappa shape index (κ3) is 2.85. The summed E-state index contributed by atoms with van der Waals surface area (Å²) in [6, 6.07) is 8.57. The van der Waals surface area contributed by atoms with E-state index in [-0.39, 0.29) is 6.10 Å². The van der Waals surface area contributed by atoms with Crippen LogP contribution < -0.4 is 4.90 Å². The normalized spacial score (nSPS) is 28.0. The van der Waals surface area contributed by atoms with E-state index in [0.717, 1.165) is 23.8 Å². The summed E-state index contributed by atoms with van der Waals surface area (Å²) in [4.78, 5) is 2.55. The zero-order valence-corrected chi connectivity index (χ0v) is 12.6. The van der Waals surface area contributed by atoms with E-state index in [2.05, 4.69) is 29.2 Å². The van der Waals surface area contributed by atoms with E-state index in [0.29, 0.717) is 0 Å². The van der Waals surface area contributed by atoms with Gasteiger partial charge in [-0.15, -0.1) is 0 Å². The van der Waals surface area contributed by atoms with Gasteiger partial charge >= 0.3 is 0 Å². The average Bonchev–Trinajstić information content (AvgIpc) is 2.54. The molecule has 2 unspecified atom stereocenters. The molecule has 0 amide bonds. The highest BCUT2D eigenvalue weighted by atomic mass is 16.3. The monoisotopic (exact) mass is 273 g/mol. The van der Waals surface area contributed by atoms with Crippen LogP contribution in [0.15, 0.2) is 24.3 Å². The molecule has 0 spiro atoms. The number of fused-ring (bicyclic) bond motifs is 1. The fourth-order valence-corrected chi connectivity index (χ4v) is 3.98. The molecule has 0 bridgehead atoms. The van der Waals surface area contributed by atoms with Crippen molar-refractivity contribution in [2.24, 2.45) is 11.8 Å². The first kappa shape index (κ1) is 13.9. The van der Waals surface area contributed by atoms with E-state index < -0.39 is 0 Å². The van der Waals surface area contributed by atoms with Gasteiger partial charge in [0.2, 0.25) is 0 Å². The molecule has 2 fully saturated rings. The van der Waals surface area contributed by atoms with E-state index in [1.165, 1.54) is 50.9 Å². The summed E-state index contributed by atoms with van der Waals surface area (Å²) in [5, 5.41) is 9.87. The van der Waals surface area contributed by atoms with Crippen LogP contribution in [0.25, 0.3) is 0 Å². The molecule has 3 rings (SSSR count). The largest absolute Gasteiger partial charge is 0.388 e. The predicted molar refractivity (Wildman–Crippen MR) is 84.0 cm³/mol. The molecule has 0 aromatic heterocycles. The van der Waals surface area contributed by atoms with Crippen molar-refractivity contribution in [2.45, 2.75) is 51.6 Å². The van der Waals surface area contributed by atoms with Crippen molar-refractivity contribution in [3.8, 4) is 0 Å². The van der Waals surface area contributed by atoms with Crippen LogP contribution in [-0.4, -0.2) is 18.2 Å². The second-order valence-electron chi connectivity index (χ2n) is 6.55. The number of aliphatic hydroxyl groups excluding tert-OH is 1. The van der Waals surface area contributed by atoms with Crippen LogP contribution in [0.3, 0.4) is 0 Å². The Morgan fingerprint density at radius 2 is 1.80 bits per heavy atom. The van der Waals surface area contributed by atoms with Crippen molar-refractivity contribution in [1.29, 1.82) is 0 Å². The highest BCUT2D eigenvalue weighted by Crippen LogP contribution is 2.37. The molecule has 20 heavy (non-hydrogen) atoms. The van der Waals surface area contributed by atoms with E-state index in [1.807, 2.05) is 6.92 Å². The average molecular weight is 273 g/mol. The van der Waals surface area contributed by atoms with E-state index >= 15 is 0 Å². The van der Waals surface area contributed by atoms with Gasteiger partial charge in [0.15, 0.2) is 0 Å². The van der Waals surface area contributed by atoms with Gasteiger partial charge < -0.3 is 10.0 Å². The molecule has 110 valence electrons. The van der Waals surface area contributed by atoms with Crippen LogP contribution in [0.4, 0.5) is 5.69 Å². The Morgan fingerprint density at radius 1 is 1.10 bits per heavy atom. The van der Waals surface area contributed by atoms with Crippen molar-refractivity contribution in [3.05, 3.63) is 29.8 Å². The zero-order chi connectivity index (χ0) is 13.9. The minimum Gasteiger partial charge on any atom is -0.388 e. The van der Waals surface area contributed by atoms with Gasteiger partial charge in [-0.1, -0.05) is 38.3 Å². The Bertz CT molecular complexity index is 428. The first-order valence-electron chi connectivity index (χ1n) is 8.31. The van der Waals surface area contributed by atoms with Crippen LogP contribution in [0.2, 0.25) is 0 Å². The standard InChI is InChI=1S/C18H27NO/c1-2-18(20)15-7-9-17(10-8-15)19-12-11-14-5-3-4-6-16(14)13-19/h7-10,14,16,18,20H,2-6,11-13H2,1H3/t14?,16?,18-/m1/s1. The van der Waals surface area contributed by atoms with E-state index in [4.69, 9.17) is 0 Å². The number of benzene rings is 1. The molecule has 1 aromatic rings. The lowest BCUT2D eigenvalue weighted by atomic mass is 9.75. The minimum atomic E-state index is -0.312. The summed E-state index contributed by atoms with van der Waals surface area (Å²) in [6.45, 7) is 4.46. The highest BCUT2D eigenvalue weighted by Gasteiger charge is 2.31. The Labute approximate surface area is 122 Å². The molecule has 2 aliphatic rings. The fourth-order valence-electron chi connectivity index (χ4n) is 3.98. The maximum atomic E-state index is 9.87. The minimum absolute atomic E-state index is 0.312. The van der Waals surface area contributed by atoms with Crippen LogP contribution in [-0.2, 0) is 0 Å². The second kappa shape index (κ2) is 6.17. The van der Waals surface area contributed by atoms with Crippen LogP contribution in [0, 0.1) is 11.8 Å². The number of hydrogen-bond acceptors (Lipinski definition) is 2. The molecule has 1 saturated carbocycles. The Balaban J connectivity index is 1.67. The molecule has 2 nitrogen and oxygen atoms in total. The lowest BCUT2D eigenvalue weighted by molar-refractivity contribution is 0.173. The number of rotatable bonds is 3. The maximum absolute atomic E-state index is 9.87. The van der Waals surface area contributed by atoms with Crippen LogP contribution in [0.1, 0.15) is 57.1 Å². The summed E-state index contributed by atoms with van der Waals surface area (Å²) >= 11 is 0. The van der Waals surface area contributed by atoms with Crippen molar-refractivity contribution in [1.82, 2.24) is 0 Å². The fraction of sp³-hybridized carbons (Fsp3) is 0.667. The van der Waals surface area contributed by atoms with Gasteiger partial charge in [-0.3, -0.25) is 0 Å². The van der Waals surface area contributed by atoms with E-state index in [9.17, 15) is 5.11 Å². The summed E-state index contributed by atoms with van der Waals surface area (Å²) < 4.78 is 0. The van der Waals surface area contributed by atoms with Crippen LogP contribution in [0.5, 0.6) is 0 Å². The topological polar surface area (TPSA) is 23.5 Å². The Kier molecular flexibility index (Phi) is 4.30. The van der Waals surface area contributed by atoms with Gasteiger partial charge in [-0.2, -0.15) is 0 Å². The molecule has 0 radical (unpaired) electrons. The Hall–Kier alpha value is -1.02. The molecular formula is C18H27NO. The SMILES string of the molecule is CC[C@@H](O)c1ccc(N2CCC3CCCCC3C2)cc1. The van der Waals surface area contributed by atoms with E-state index in [1.54, 1.807) is 0 Å². The molecule has 1 aliphatic carbocycles. The van der Waals surface area contributed by atoms with Crippen molar-refractivity contribution < 1.29 is 5.11 Å². The summed E-state index contributed by atoms with van der Waals surface area (Å²) in [6.07, 6.45) is 7.60. The Morgan fingerprint density at radius 3 is 2.50 bits per heavy atom. The summed E-state index contributed by atoms with van der Waals surface area (Å²) in [5.41, 5.74) is 2.38. The van der Waals surface area contributed by atoms with Gasteiger partial charge in [-0.05, 0) is 48.8 Å². The second-order valence-corrected chi connectivity index (χ2v) is 6.55. The lowest BCUT2D eigenvalue weighted by Gasteiger charge is -2.42. The molecular weight excluding hydrogens is 246 g/mol. The van der Waals surface area contributed by atoms with Crippen LogP contribution >= 0.6 is 0 Å². The number of piperidine rings is 1. The quantitative estimate of drug-likeness (QED) is 0.894. The summed E-state index contributed by atoms with van der Waals surface area (Å²) in [5.74, 6) is 1.90. The lowest BCUT2D eigenvalue weighted by Crippen LogP contribution is -2.41. The number of anilines is 1. The molecule has 3 atom stereocenters. The highest BCUT2D eigenvalue weighted by molar-refractivity contribution is 5.48. The molecule has 1 aromatic carbocycles. The first-order valence-corrected chi connectivity index (χ1v) is 8.31. The van der Waals surface area contributed by atoms with Gasteiger partial charge in [0.25, 0.3) is 0 Å². The van der Waals surface area contributed by atoms with Crippen molar-refractivity contribution in [3.63, 3.8) is 0 Å². The third-order valence-corrected chi connectivity index (χ3v) is 5.32. The number of nitrogens with zero attached hydrogens (tertiary/aromatic N) is 1. The van der Waals surface area contributed by atoms with Gasteiger partial charge in [0, 0.05) is 18.8 Å². The smallest absolute Gasteiger partial charge is 0.0787 e. The molecule has 2 heteroatoms. The molecule has 1 N–H and O–H groups in total. The van der Waals surface area contributed by atoms with Crippen molar-refractivity contribution >= 4 is 5.69 Å². The third-order valence-electron chi connectivity index (χ3n) is 5.32. The molecule has 1 saturated heterocycles. The van der Waals surface area contributed by atoms with Gasteiger partial charge in [0.05, 0.1) is 6.10 Å². The number of hydrogen-bond donors (Lipinski definition) is 1. The number of aliphatic hydroxyl groups is 1. The summed E-state index contributed by atoms with van der Waals surface area (Å²) in [7, 11) is 0. The zero-order valence-electron chi connectivity index (χ0n) is 12.6. The molecule has 1 heterocycles. The van der Waals surface area contributed by atoms with Gasteiger partial charge in [0.1, 0.15) is 0 Å². The predicted octanol–water partition coefficient (Wildman–Crippen LogP) is 4.15. The van der Waals surface area contributed by atoms with Crippen molar-refractivity contribution in [2.75, 3.05) is 18.0 Å². The first-order chi connectivity index (χ1) is 9.78. The maximum Gasteiger partial charge on any atom is 0.0787 e. The van der Waals surface area contributed by atoms with Gasteiger partial charge in [-0.25, -0.2) is 0 Å².